The molecule has 0 radical (unpaired) electrons. The summed E-state index contributed by atoms with van der Waals surface area (Å²) in [5, 5.41) is 9.32. The van der Waals surface area contributed by atoms with E-state index in [2.05, 4.69) is 22.0 Å². The summed E-state index contributed by atoms with van der Waals surface area (Å²) < 4.78 is 0. The first-order chi connectivity index (χ1) is 14.0. The SMILES string of the molecule is CNCC1CCCC(NCc2ccc3c(c2)CN(C2CCC(=O)NC2=O)C3=O)C1. The molecule has 3 aliphatic rings. The molecule has 7 nitrogen and oxygen atoms in total. The van der Waals surface area contributed by atoms with E-state index in [0.717, 1.165) is 30.1 Å². The van der Waals surface area contributed by atoms with E-state index in [4.69, 9.17) is 0 Å². The maximum atomic E-state index is 12.8. The van der Waals surface area contributed by atoms with Gasteiger partial charge in [0.25, 0.3) is 5.91 Å². The average molecular weight is 399 g/mol. The van der Waals surface area contributed by atoms with E-state index in [1.165, 1.54) is 25.7 Å². The summed E-state index contributed by atoms with van der Waals surface area (Å²) >= 11 is 0. The van der Waals surface area contributed by atoms with Crippen LogP contribution in [0.2, 0.25) is 0 Å². The Bertz CT molecular complexity index is 807. The second-order valence-corrected chi connectivity index (χ2v) is 8.56. The molecule has 3 amide bonds. The molecule has 3 N–H and O–H groups in total. The zero-order valence-corrected chi connectivity index (χ0v) is 17.0. The molecule has 1 saturated heterocycles. The minimum atomic E-state index is -0.555. The zero-order valence-electron chi connectivity index (χ0n) is 17.0. The summed E-state index contributed by atoms with van der Waals surface area (Å²) in [6, 6.07) is 5.95. The van der Waals surface area contributed by atoms with Crippen LogP contribution in [0.15, 0.2) is 18.2 Å². The summed E-state index contributed by atoms with van der Waals surface area (Å²) in [6.45, 7) is 2.30. The average Bonchev–Trinajstić information content (AvgIpc) is 3.03. The van der Waals surface area contributed by atoms with Crippen molar-refractivity contribution in [2.45, 2.75) is 63.7 Å². The van der Waals surface area contributed by atoms with E-state index in [9.17, 15) is 14.4 Å². The molecule has 7 heteroatoms. The molecule has 4 rings (SSSR count). The first-order valence-corrected chi connectivity index (χ1v) is 10.7. The maximum absolute atomic E-state index is 12.8. The molecule has 1 aliphatic carbocycles. The van der Waals surface area contributed by atoms with Crippen molar-refractivity contribution in [1.82, 2.24) is 20.9 Å². The van der Waals surface area contributed by atoms with E-state index >= 15 is 0 Å². The number of piperidine rings is 1. The Morgan fingerprint density at radius 3 is 2.83 bits per heavy atom. The van der Waals surface area contributed by atoms with Gasteiger partial charge in [-0.1, -0.05) is 18.6 Å². The minimum Gasteiger partial charge on any atom is -0.322 e. The Balaban J connectivity index is 1.37. The second kappa shape index (κ2) is 8.63. The van der Waals surface area contributed by atoms with Gasteiger partial charge in [0, 0.05) is 31.1 Å². The number of imide groups is 1. The van der Waals surface area contributed by atoms with Gasteiger partial charge in [0.1, 0.15) is 6.04 Å². The molecule has 29 heavy (non-hydrogen) atoms. The van der Waals surface area contributed by atoms with Gasteiger partial charge in [0.05, 0.1) is 0 Å². The van der Waals surface area contributed by atoms with Gasteiger partial charge in [0.15, 0.2) is 0 Å². The topological polar surface area (TPSA) is 90.5 Å². The van der Waals surface area contributed by atoms with Gasteiger partial charge in [0.2, 0.25) is 11.8 Å². The molecule has 0 spiro atoms. The molecule has 3 unspecified atom stereocenters. The predicted molar refractivity (Wildman–Crippen MR) is 109 cm³/mol. The quantitative estimate of drug-likeness (QED) is 0.629. The van der Waals surface area contributed by atoms with E-state index < -0.39 is 6.04 Å². The van der Waals surface area contributed by atoms with Crippen molar-refractivity contribution in [3.05, 3.63) is 34.9 Å². The normalized spacial score (nSPS) is 27.1. The molecule has 156 valence electrons. The number of carbonyl (C=O) groups excluding carboxylic acids is 3. The summed E-state index contributed by atoms with van der Waals surface area (Å²) in [6.07, 6.45) is 5.66. The first-order valence-electron chi connectivity index (χ1n) is 10.7. The Morgan fingerprint density at radius 1 is 1.17 bits per heavy atom. The summed E-state index contributed by atoms with van der Waals surface area (Å²) in [5.74, 6) is 0.00308. The lowest BCUT2D eigenvalue weighted by Crippen LogP contribution is -2.52. The fourth-order valence-corrected chi connectivity index (χ4v) is 4.95. The Labute approximate surface area is 171 Å². The van der Waals surface area contributed by atoms with Gasteiger partial charge in [-0.25, -0.2) is 0 Å². The van der Waals surface area contributed by atoms with Gasteiger partial charge in [-0.15, -0.1) is 0 Å². The van der Waals surface area contributed by atoms with Crippen molar-refractivity contribution >= 4 is 17.7 Å². The van der Waals surface area contributed by atoms with Gasteiger partial charge in [-0.3, -0.25) is 19.7 Å². The van der Waals surface area contributed by atoms with Crippen LogP contribution in [0.25, 0.3) is 0 Å². The van der Waals surface area contributed by atoms with Crippen LogP contribution in [-0.2, 0) is 22.7 Å². The molecule has 2 heterocycles. The van der Waals surface area contributed by atoms with Crippen LogP contribution in [0, 0.1) is 5.92 Å². The number of nitrogens with one attached hydrogen (secondary N) is 3. The van der Waals surface area contributed by atoms with Gasteiger partial charge in [-0.05, 0) is 62.4 Å². The van der Waals surface area contributed by atoms with E-state index in [0.29, 0.717) is 24.6 Å². The van der Waals surface area contributed by atoms with E-state index in [1.54, 1.807) is 4.90 Å². The van der Waals surface area contributed by atoms with Crippen molar-refractivity contribution in [2.24, 2.45) is 5.92 Å². The van der Waals surface area contributed by atoms with Crippen LogP contribution in [0.1, 0.15) is 60.0 Å². The molecule has 1 saturated carbocycles. The monoisotopic (exact) mass is 398 g/mol. The number of hydrogen-bond donors (Lipinski definition) is 3. The zero-order chi connectivity index (χ0) is 20.4. The molecule has 1 aromatic carbocycles. The van der Waals surface area contributed by atoms with Gasteiger partial charge in [-0.2, -0.15) is 0 Å². The standard InChI is InChI=1S/C22H30N4O3/c1-23-11-14-3-2-4-17(10-14)24-12-15-5-6-18-16(9-15)13-26(22(18)29)19-7-8-20(27)25-21(19)28/h5-6,9,14,17,19,23-24H,2-4,7-8,10-13H2,1H3,(H,25,27,28). The Kier molecular flexibility index (Phi) is 5.96. The van der Waals surface area contributed by atoms with Crippen LogP contribution in [0.5, 0.6) is 0 Å². The number of fused-ring (bicyclic) bond motifs is 1. The van der Waals surface area contributed by atoms with Crippen molar-refractivity contribution in [2.75, 3.05) is 13.6 Å². The highest BCUT2D eigenvalue weighted by Crippen LogP contribution is 2.29. The lowest BCUT2D eigenvalue weighted by Gasteiger charge is -2.30. The molecule has 3 atom stereocenters. The summed E-state index contributed by atoms with van der Waals surface area (Å²) in [7, 11) is 2.01. The summed E-state index contributed by atoms with van der Waals surface area (Å²) in [4.78, 5) is 37.9. The van der Waals surface area contributed by atoms with Crippen LogP contribution in [-0.4, -0.2) is 48.3 Å². The molecular formula is C22H30N4O3. The fourth-order valence-electron chi connectivity index (χ4n) is 4.95. The number of hydrogen-bond acceptors (Lipinski definition) is 5. The highest BCUT2D eigenvalue weighted by molar-refractivity contribution is 6.05. The number of rotatable bonds is 6. The van der Waals surface area contributed by atoms with Crippen molar-refractivity contribution in [3.63, 3.8) is 0 Å². The van der Waals surface area contributed by atoms with Gasteiger partial charge >= 0.3 is 0 Å². The van der Waals surface area contributed by atoms with Gasteiger partial charge < -0.3 is 15.5 Å². The molecule has 1 aromatic rings. The maximum Gasteiger partial charge on any atom is 0.255 e. The fraction of sp³-hybridized carbons (Fsp3) is 0.591. The van der Waals surface area contributed by atoms with Crippen LogP contribution in [0.3, 0.4) is 0 Å². The third-order valence-corrected chi connectivity index (χ3v) is 6.46. The van der Waals surface area contributed by atoms with Crippen LogP contribution < -0.4 is 16.0 Å². The largest absolute Gasteiger partial charge is 0.322 e. The van der Waals surface area contributed by atoms with E-state index in [-0.39, 0.29) is 24.1 Å². The summed E-state index contributed by atoms with van der Waals surface area (Å²) in [5.41, 5.74) is 2.80. The van der Waals surface area contributed by atoms with Crippen LogP contribution in [0.4, 0.5) is 0 Å². The first kappa shape index (κ1) is 20.0. The predicted octanol–water partition coefficient (Wildman–Crippen LogP) is 1.32. The molecular weight excluding hydrogens is 368 g/mol. The lowest BCUT2D eigenvalue weighted by molar-refractivity contribution is -0.136. The number of carbonyl (C=O) groups is 3. The highest BCUT2D eigenvalue weighted by atomic mass is 16.2. The molecule has 2 aliphatic heterocycles. The number of benzene rings is 1. The smallest absolute Gasteiger partial charge is 0.255 e. The molecule has 0 aromatic heterocycles. The second-order valence-electron chi connectivity index (χ2n) is 8.56. The minimum absolute atomic E-state index is 0.115. The van der Waals surface area contributed by atoms with Crippen molar-refractivity contribution < 1.29 is 14.4 Å². The highest BCUT2D eigenvalue weighted by Gasteiger charge is 2.39. The van der Waals surface area contributed by atoms with E-state index in [1.807, 2.05) is 19.2 Å². The Morgan fingerprint density at radius 2 is 2.03 bits per heavy atom. The van der Waals surface area contributed by atoms with Crippen LogP contribution >= 0.6 is 0 Å². The number of amides is 3. The third kappa shape index (κ3) is 4.36. The lowest BCUT2D eigenvalue weighted by atomic mass is 9.85. The van der Waals surface area contributed by atoms with Crippen molar-refractivity contribution in [1.29, 1.82) is 0 Å². The molecule has 0 bridgehead atoms. The molecule has 2 fully saturated rings. The van der Waals surface area contributed by atoms with Crippen molar-refractivity contribution in [3.8, 4) is 0 Å². The number of nitrogens with zero attached hydrogens (tertiary/aromatic N) is 1. The third-order valence-electron chi connectivity index (χ3n) is 6.46. The Hall–Kier alpha value is -2.25.